The third-order valence-electron chi connectivity index (χ3n) is 3.88. The van der Waals surface area contributed by atoms with Gasteiger partial charge in [0, 0.05) is 5.56 Å². The molecule has 0 aromatic heterocycles. The van der Waals surface area contributed by atoms with Crippen molar-refractivity contribution in [2.45, 2.75) is 39.7 Å². The Morgan fingerprint density at radius 2 is 1.70 bits per heavy atom. The lowest BCUT2D eigenvalue weighted by Crippen LogP contribution is -2.12. The normalized spacial score (nSPS) is 12.1. The molecular weight excluding hydrogens is 284 g/mol. The molecule has 2 rings (SSSR count). The number of hydrogen-bond donors (Lipinski definition) is 1. The van der Waals surface area contributed by atoms with E-state index in [-0.39, 0.29) is 5.41 Å². The van der Waals surface area contributed by atoms with Gasteiger partial charge in [-0.2, -0.15) is 5.10 Å². The van der Waals surface area contributed by atoms with Crippen molar-refractivity contribution >= 4 is 5.71 Å². The maximum absolute atomic E-state index is 5.34. The summed E-state index contributed by atoms with van der Waals surface area (Å²) in [6, 6.07) is 16.6. The number of hydrazone groups is 1. The van der Waals surface area contributed by atoms with E-state index >= 15 is 0 Å². The van der Waals surface area contributed by atoms with Crippen molar-refractivity contribution in [3.05, 3.63) is 65.2 Å². The molecule has 2 aromatic carbocycles. The predicted molar refractivity (Wildman–Crippen MR) is 97.2 cm³/mol. The largest absolute Gasteiger partial charge is 0.496 e. The van der Waals surface area contributed by atoms with Crippen LogP contribution in [0.15, 0.2) is 53.6 Å². The molecule has 1 N–H and O–H groups in total. The van der Waals surface area contributed by atoms with Gasteiger partial charge in [-0.15, -0.1) is 0 Å². The first kappa shape index (κ1) is 17.1. The van der Waals surface area contributed by atoms with E-state index in [2.05, 4.69) is 55.6 Å². The van der Waals surface area contributed by atoms with Crippen molar-refractivity contribution in [1.82, 2.24) is 5.43 Å². The first-order chi connectivity index (χ1) is 10.9. The molecule has 0 aliphatic heterocycles. The van der Waals surface area contributed by atoms with E-state index in [0.717, 1.165) is 22.6 Å². The summed E-state index contributed by atoms with van der Waals surface area (Å²) in [5, 5.41) is 4.47. The molecule has 0 aliphatic carbocycles. The van der Waals surface area contributed by atoms with Crippen molar-refractivity contribution in [2.24, 2.45) is 5.10 Å². The summed E-state index contributed by atoms with van der Waals surface area (Å²) in [5.41, 5.74) is 7.82. The van der Waals surface area contributed by atoms with Gasteiger partial charge in [0.1, 0.15) is 5.75 Å². The molecule has 2 aromatic rings. The Labute approximate surface area is 139 Å². The fraction of sp³-hybridized carbons (Fsp3) is 0.350. The topological polar surface area (TPSA) is 33.6 Å². The number of para-hydroxylation sites is 1. The Bertz CT molecular complexity index is 667. The fourth-order valence-corrected chi connectivity index (χ4v) is 2.37. The molecule has 0 unspecified atom stereocenters. The van der Waals surface area contributed by atoms with Gasteiger partial charge in [0.05, 0.1) is 19.4 Å². The fourth-order valence-electron chi connectivity index (χ4n) is 2.37. The lowest BCUT2D eigenvalue weighted by atomic mass is 9.86. The van der Waals surface area contributed by atoms with Gasteiger partial charge >= 0.3 is 0 Å². The van der Waals surface area contributed by atoms with Crippen LogP contribution in [0.3, 0.4) is 0 Å². The number of hydrogen-bond acceptors (Lipinski definition) is 3. The van der Waals surface area contributed by atoms with Gasteiger partial charge in [0.15, 0.2) is 0 Å². The summed E-state index contributed by atoms with van der Waals surface area (Å²) in [5.74, 6) is 0.877. The Kier molecular flexibility index (Phi) is 5.43. The zero-order valence-corrected chi connectivity index (χ0v) is 14.7. The number of methoxy groups -OCH3 is 1. The minimum Gasteiger partial charge on any atom is -0.496 e. The van der Waals surface area contributed by atoms with Crippen LogP contribution in [-0.2, 0) is 12.0 Å². The van der Waals surface area contributed by atoms with Gasteiger partial charge in [-0.05, 0) is 29.5 Å². The van der Waals surface area contributed by atoms with Crippen LogP contribution in [0.1, 0.15) is 44.4 Å². The number of nitrogens with one attached hydrogen (secondary N) is 1. The van der Waals surface area contributed by atoms with Crippen molar-refractivity contribution in [1.29, 1.82) is 0 Å². The standard InChI is InChI=1S/C20H26N2O/c1-15(16-10-12-18(13-11-16)20(2,3)4)22-21-14-17-8-6-7-9-19(17)23-5/h6-13,21H,14H2,1-5H3/b22-15-. The van der Waals surface area contributed by atoms with Gasteiger partial charge in [0.2, 0.25) is 0 Å². The zero-order chi connectivity index (χ0) is 16.9. The average molecular weight is 310 g/mol. The molecule has 23 heavy (non-hydrogen) atoms. The molecule has 0 bridgehead atoms. The molecule has 0 saturated carbocycles. The molecule has 122 valence electrons. The van der Waals surface area contributed by atoms with Gasteiger partial charge in [-0.3, -0.25) is 0 Å². The second-order valence-electron chi connectivity index (χ2n) is 6.67. The molecule has 0 spiro atoms. The zero-order valence-electron chi connectivity index (χ0n) is 14.7. The van der Waals surface area contributed by atoms with Crippen LogP contribution in [0.25, 0.3) is 0 Å². The highest BCUT2D eigenvalue weighted by atomic mass is 16.5. The molecule has 3 nitrogen and oxygen atoms in total. The maximum Gasteiger partial charge on any atom is 0.123 e. The highest BCUT2D eigenvalue weighted by Gasteiger charge is 2.13. The second-order valence-corrected chi connectivity index (χ2v) is 6.67. The SMILES string of the molecule is COc1ccccc1CN/N=C(/C)c1ccc(C(C)(C)C)cc1. The molecule has 0 atom stereocenters. The molecule has 0 saturated heterocycles. The molecule has 0 fully saturated rings. The van der Waals surface area contributed by atoms with Crippen LogP contribution < -0.4 is 10.2 Å². The molecular formula is C20H26N2O. The number of nitrogens with zero attached hydrogens (tertiary/aromatic N) is 1. The summed E-state index contributed by atoms with van der Waals surface area (Å²) in [7, 11) is 1.68. The first-order valence-corrected chi connectivity index (χ1v) is 7.92. The minimum absolute atomic E-state index is 0.172. The average Bonchev–Trinajstić information content (AvgIpc) is 2.54. The van der Waals surface area contributed by atoms with E-state index in [1.807, 2.05) is 31.2 Å². The summed E-state index contributed by atoms with van der Waals surface area (Å²) >= 11 is 0. The van der Waals surface area contributed by atoms with E-state index < -0.39 is 0 Å². The van der Waals surface area contributed by atoms with E-state index in [1.165, 1.54) is 5.56 Å². The predicted octanol–water partition coefficient (Wildman–Crippen LogP) is 4.51. The first-order valence-electron chi connectivity index (χ1n) is 7.92. The highest BCUT2D eigenvalue weighted by Crippen LogP contribution is 2.22. The van der Waals surface area contributed by atoms with Crippen molar-refractivity contribution in [2.75, 3.05) is 7.11 Å². The maximum atomic E-state index is 5.34. The Hall–Kier alpha value is -2.29. The van der Waals surface area contributed by atoms with Gasteiger partial charge in [-0.1, -0.05) is 63.2 Å². The van der Waals surface area contributed by atoms with E-state index in [4.69, 9.17) is 4.74 Å². The van der Waals surface area contributed by atoms with Crippen LogP contribution in [-0.4, -0.2) is 12.8 Å². The van der Waals surface area contributed by atoms with Crippen LogP contribution in [0, 0.1) is 0 Å². The van der Waals surface area contributed by atoms with Crippen LogP contribution in [0.4, 0.5) is 0 Å². The summed E-state index contributed by atoms with van der Waals surface area (Å²) in [4.78, 5) is 0. The summed E-state index contributed by atoms with van der Waals surface area (Å²) in [6.07, 6.45) is 0. The smallest absolute Gasteiger partial charge is 0.123 e. The Morgan fingerprint density at radius 1 is 1.04 bits per heavy atom. The lowest BCUT2D eigenvalue weighted by molar-refractivity contribution is 0.408. The van der Waals surface area contributed by atoms with Crippen molar-refractivity contribution in [3.63, 3.8) is 0 Å². The summed E-state index contributed by atoms with van der Waals surface area (Å²) < 4.78 is 5.34. The summed E-state index contributed by atoms with van der Waals surface area (Å²) in [6.45, 7) is 9.32. The molecule has 3 heteroatoms. The van der Waals surface area contributed by atoms with E-state index in [0.29, 0.717) is 6.54 Å². The van der Waals surface area contributed by atoms with Crippen LogP contribution >= 0.6 is 0 Å². The molecule has 0 heterocycles. The van der Waals surface area contributed by atoms with Crippen LogP contribution in [0.2, 0.25) is 0 Å². The van der Waals surface area contributed by atoms with Gasteiger partial charge in [-0.25, -0.2) is 0 Å². The highest BCUT2D eigenvalue weighted by molar-refractivity contribution is 5.98. The monoisotopic (exact) mass is 310 g/mol. The van der Waals surface area contributed by atoms with Gasteiger partial charge < -0.3 is 10.2 Å². The van der Waals surface area contributed by atoms with Crippen LogP contribution in [0.5, 0.6) is 5.75 Å². The molecule has 0 radical (unpaired) electrons. The Morgan fingerprint density at radius 3 is 2.30 bits per heavy atom. The molecule has 0 aliphatic rings. The van der Waals surface area contributed by atoms with Crippen molar-refractivity contribution < 1.29 is 4.74 Å². The lowest BCUT2D eigenvalue weighted by Gasteiger charge is -2.19. The third-order valence-corrected chi connectivity index (χ3v) is 3.88. The Balaban J connectivity index is 2.03. The number of benzene rings is 2. The van der Waals surface area contributed by atoms with E-state index in [9.17, 15) is 0 Å². The third kappa shape index (κ3) is 4.59. The minimum atomic E-state index is 0.172. The van der Waals surface area contributed by atoms with Gasteiger partial charge in [0.25, 0.3) is 0 Å². The second kappa shape index (κ2) is 7.32. The number of ether oxygens (including phenoxy) is 1. The van der Waals surface area contributed by atoms with E-state index in [1.54, 1.807) is 7.11 Å². The van der Waals surface area contributed by atoms with Crippen molar-refractivity contribution in [3.8, 4) is 5.75 Å². The quantitative estimate of drug-likeness (QED) is 0.651. The number of rotatable bonds is 5. The molecule has 0 amide bonds.